The van der Waals surface area contributed by atoms with Crippen molar-refractivity contribution in [2.24, 2.45) is 0 Å². The third-order valence-corrected chi connectivity index (χ3v) is 3.60. The number of benzene rings is 1. The maximum atomic E-state index is 12.0. The van der Waals surface area contributed by atoms with Crippen LogP contribution in [0.1, 0.15) is 18.4 Å². The van der Waals surface area contributed by atoms with Crippen molar-refractivity contribution in [3.8, 4) is 0 Å². The van der Waals surface area contributed by atoms with Gasteiger partial charge in [-0.15, -0.1) is 0 Å². The van der Waals surface area contributed by atoms with Gasteiger partial charge in [-0.05, 0) is 18.4 Å². The summed E-state index contributed by atoms with van der Waals surface area (Å²) >= 11 is 0. The fraction of sp³-hybridized carbons (Fsp3) is 0.467. The smallest absolute Gasteiger partial charge is 0.410 e. The van der Waals surface area contributed by atoms with Crippen molar-refractivity contribution >= 4 is 12.1 Å². The van der Waals surface area contributed by atoms with Gasteiger partial charge in [-0.1, -0.05) is 30.3 Å². The van der Waals surface area contributed by atoms with Gasteiger partial charge >= 0.3 is 12.1 Å². The van der Waals surface area contributed by atoms with Crippen LogP contribution in [-0.4, -0.2) is 52.5 Å². The molecule has 6 heteroatoms. The standard InChI is InChI=1S/C15H19NO5/c17-10-12-7-4-8-16(12)15(20)21-13(14(18)19)9-11-5-2-1-3-6-11/h1-3,5-6,12-13,17H,4,7-10H2,(H,18,19)/t12-,13-/m0/s1. The van der Waals surface area contributed by atoms with E-state index in [1.165, 1.54) is 4.90 Å². The van der Waals surface area contributed by atoms with Crippen LogP contribution in [0, 0.1) is 0 Å². The zero-order valence-electron chi connectivity index (χ0n) is 11.6. The summed E-state index contributed by atoms with van der Waals surface area (Å²) in [5, 5.41) is 18.4. The molecule has 21 heavy (non-hydrogen) atoms. The molecule has 0 aromatic heterocycles. The van der Waals surface area contributed by atoms with Crippen LogP contribution in [0.25, 0.3) is 0 Å². The van der Waals surface area contributed by atoms with Gasteiger partial charge in [-0.2, -0.15) is 0 Å². The molecule has 6 nitrogen and oxygen atoms in total. The number of aliphatic carboxylic acids is 1. The Morgan fingerprint density at radius 1 is 1.33 bits per heavy atom. The van der Waals surface area contributed by atoms with Crippen LogP contribution in [0.5, 0.6) is 0 Å². The first kappa shape index (κ1) is 15.3. The lowest BCUT2D eigenvalue weighted by Gasteiger charge is -2.24. The van der Waals surface area contributed by atoms with Crippen molar-refractivity contribution in [3.05, 3.63) is 35.9 Å². The van der Waals surface area contributed by atoms with Gasteiger partial charge in [0.2, 0.25) is 6.10 Å². The van der Waals surface area contributed by atoms with Crippen molar-refractivity contribution in [1.82, 2.24) is 4.90 Å². The molecule has 1 heterocycles. The average Bonchev–Trinajstić information content (AvgIpc) is 2.96. The molecule has 1 aliphatic heterocycles. The maximum Gasteiger partial charge on any atom is 0.410 e. The van der Waals surface area contributed by atoms with Gasteiger partial charge in [0.1, 0.15) is 0 Å². The second-order valence-corrected chi connectivity index (χ2v) is 5.07. The van der Waals surface area contributed by atoms with Crippen LogP contribution in [0.15, 0.2) is 30.3 Å². The molecular weight excluding hydrogens is 274 g/mol. The summed E-state index contributed by atoms with van der Waals surface area (Å²) in [7, 11) is 0. The summed E-state index contributed by atoms with van der Waals surface area (Å²) in [5.74, 6) is -1.17. The van der Waals surface area contributed by atoms with Crippen molar-refractivity contribution < 1.29 is 24.5 Å². The van der Waals surface area contributed by atoms with Crippen LogP contribution in [0.3, 0.4) is 0 Å². The van der Waals surface area contributed by atoms with Gasteiger partial charge in [0.25, 0.3) is 0 Å². The van der Waals surface area contributed by atoms with Gasteiger partial charge in [0, 0.05) is 13.0 Å². The number of carbonyl (C=O) groups excluding carboxylic acids is 1. The van der Waals surface area contributed by atoms with Crippen LogP contribution in [0.2, 0.25) is 0 Å². The summed E-state index contributed by atoms with van der Waals surface area (Å²) in [6, 6.07) is 8.74. The summed E-state index contributed by atoms with van der Waals surface area (Å²) in [4.78, 5) is 24.7. The van der Waals surface area contributed by atoms with E-state index in [0.717, 1.165) is 12.0 Å². The number of aliphatic hydroxyl groups is 1. The zero-order chi connectivity index (χ0) is 15.2. The third-order valence-electron chi connectivity index (χ3n) is 3.60. The summed E-state index contributed by atoms with van der Waals surface area (Å²) < 4.78 is 5.11. The number of rotatable bonds is 5. The zero-order valence-corrected chi connectivity index (χ0v) is 11.6. The number of ether oxygens (including phenoxy) is 1. The van der Waals surface area contributed by atoms with Crippen molar-refractivity contribution in [3.63, 3.8) is 0 Å². The number of hydrogen-bond acceptors (Lipinski definition) is 4. The average molecular weight is 293 g/mol. The Hall–Kier alpha value is -2.08. The SMILES string of the molecule is O=C(O)[C@H](Cc1ccccc1)OC(=O)N1CCC[C@H]1CO. The fourth-order valence-electron chi connectivity index (χ4n) is 2.46. The minimum absolute atomic E-state index is 0.125. The molecule has 0 spiro atoms. The van der Waals surface area contributed by atoms with Crippen molar-refractivity contribution in [2.45, 2.75) is 31.4 Å². The van der Waals surface area contributed by atoms with E-state index in [-0.39, 0.29) is 19.1 Å². The molecule has 2 atom stereocenters. The normalized spacial score (nSPS) is 19.3. The van der Waals surface area contributed by atoms with E-state index in [9.17, 15) is 19.8 Å². The minimum Gasteiger partial charge on any atom is -0.478 e. The first-order valence-corrected chi connectivity index (χ1v) is 6.96. The largest absolute Gasteiger partial charge is 0.478 e. The highest BCUT2D eigenvalue weighted by molar-refractivity contribution is 5.78. The van der Waals surface area contributed by atoms with E-state index >= 15 is 0 Å². The number of carboxylic acid groups (broad SMARTS) is 1. The number of likely N-dealkylation sites (tertiary alicyclic amines) is 1. The second-order valence-electron chi connectivity index (χ2n) is 5.07. The molecule has 1 aliphatic rings. The van der Waals surface area contributed by atoms with E-state index < -0.39 is 18.2 Å². The Morgan fingerprint density at radius 3 is 2.67 bits per heavy atom. The maximum absolute atomic E-state index is 12.0. The Labute approximate surface area is 122 Å². The van der Waals surface area contributed by atoms with Crippen molar-refractivity contribution in [1.29, 1.82) is 0 Å². The highest BCUT2D eigenvalue weighted by Crippen LogP contribution is 2.19. The first-order valence-electron chi connectivity index (χ1n) is 6.96. The van der Waals surface area contributed by atoms with Crippen LogP contribution in [-0.2, 0) is 16.0 Å². The first-order chi connectivity index (χ1) is 10.1. The van der Waals surface area contributed by atoms with E-state index in [0.29, 0.717) is 13.0 Å². The third kappa shape index (κ3) is 3.95. The van der Waals surface area contributed by atoms with Gasteiger partial charge in [-0.25, -0.2) is 9.59 Å². The van der Waals surface area contributed by atoms with E-state index in [1.807, 2.05) is 6.07 Å². The topological polar surface area (TPSA) is 87.1 Å². The highest BCUT2D eigenvalue weighted by atomic mass is 16.6. The van der Waals surface area contributed by atoms with Crippen LogP contribution in [0.4, 0.5) is 4.79 Å². The van der Waals surface area contributed by atoms with E-state index in [1.54, 1.807) is 24.3 Å². The Morgan fingerprint density at radius 2 is 2.05 bits per heavy atom. The number of aliphatic hydroxyl groups excluding tert-OH is 1. The molecule has 1 saturated heterocycles. The second kappa shape index (κ2) is 7.08. The predicted octanol–water partition coefficient (Wildman–Crippen LogP) is 1.28. The molecule has 114 valence electrons. The van der Waals surface area contributed by atoms with Crippen molar-refractivity contribution in [2.75, 3.05) is 13.2 Å². The van der Waals surface area contributed by atoms with E-state index in [2.05, 4.69) is 0 Å². The van der Waals surface area contributed by atoms with Gasteiger partial charge in [0.15, 0.2) is 0 Å². The Bertz CT molecular complexity index is 490. The summed E-state index contributed by atoms with van der Waals surface area (Å²) in [5.41, 5.74) is 0.790. The predicted molar refractivity (Wildman–Crippen MR) is 74.9 cm³/mol. The molecule has 0 aliphatic carbocycles. The number of nitrogens with zero attached hydrogens (tertiary/aromatic N) is 1. The molecule has 2 N–H and O–H groups in total. The molecule has 0 unspecified atom stereocenters. The van der Waals surface area contributed by atoms with Gasteiger partial charge in [0.05, 0.1) is 12.6 Å². The molecule has 1 amide bonds. The monoisotopic (exact) mass is 293 g/mol. The van der Waals surface area contributed by atoms with Crippen LogP contribution < -0.4 is 0 Å². The number of carbonyl (C=O) groups is 2. The lowest BCUT2D eigenvalue weighted by Crippen LogP contribution is -2.41. The molecule has 1 aromatic rings. The molecule has 1 aromatic carbocycles. The highest BCUT2D eigenvalue weighted by Gasteiger charge is 2.32. The molecule has 0 saturated carbocycles. The number of hydrogen-bond donors (Lipinski definition) is 2. The number of carboxylic acids is 1. The molecular formula is C15H19NO5. The lowest BCUT2D eigenvalue weighted by molar-refractivity contribution is -0.147. The fourth-order valence-corrected chi connectivity index (χ4v) is 2.46. The quantitative estimate of drug-likeness (QED) is 0.854. The summed E-state index contributed by atoms with van der Waals surface area (Å²) in [6.45, 7) is 0.354. The molecule has 0 bridgehead atoms. The minimum atomic E-state index is -1.22. The van der Waals surface area contributed by atoms with Gasteiger partial charge in [-0.3, -0.25) is 0 Å². The molecule has 2 rings (SSSR count). The van der Waals surface area contributed by atoms with Crippen LogP contribution >= 0.6 is 0 Å². The Kier molecular flexibility index (Phi) is 5.16. The summed E-state index contributed by atoms with van der Waals surface area (Å²) in [6.07, 6.45) is -0.270. The van der Waals surface area contributed by atoms with Gasteiger partial charge < -0.3 is 19.8 Å². The number of amides is 1. The van der Waals surface area contributed by atoms with E-state index in [4.69, 9.17) is 4.74 Å². The molecule has 1 fully saturated rings. The Balaban J connectivity index is 1.99. The molecule has 0 radical (unpaired) electrons. The lowest BCUT2D eigenvalue weighted by atomic mass is 10.1.